The minimum absolute atomic E-state index is 0.00922. The van der Waals surface area contributed by atoms with Crippen molar-refractivity contribution in [1.29, 1.82) is 0 Å². The van der Waals surface area contributed by atoms with Gasteiger partial charge in [0, 0.05) is 36.7 Å². The Balaban J connectivity index is 2.23. The van der Waals surface area contributed by atoms with E-state index in [2.05, 4.69) is 10.4 Å². The van der Waals surface area contributed by atoms with Crippen molar-refractivity contribution in [2.45, 2.75) is 19.6 Å². The number of alkyl halides is 3. The van der Waals surface area contributed by atoms with E-state index in [1.54, 1.807) is 17.9 Å². The summed E-state index contributed by atoms with van der Waals surface area (Å²) < 4.78 is 40.4. The maximum Gasteiger partial charge on any atom is 0.418 e. The average molecular weight is 284 g/mol. The van der Waals surface area contributed by atoms with Crippen LogP contribution >= 0.6 is 0 Å². The van der Waals surface area contributed by atoms with E-state index in [4.69, 9.17) is 5.73 Å². The van der Waals surface area contributed by atoms with E-state index in [0.29, 0.717) is 0 Å². The Bertz CT molecular complexity index is 617. The predicted octanol–water partition coefficient (Wildman–Crippen LogP) is 2.94. The molecule has 0 aliphatic rings. The fourth-order valence-corrected chi connectivity index (χ4v) is 1.96. The van der Waals surface area contributed by atoms with Crippen molar-refractivity contribution in [3.05, 3.63) is 41.2 Å². The maximum atomic E-state index is 12.9. The molecule has 0 aliphatic heterocycles. The summed E-state index contributed by atoms with van der Waals surface area (Å²) in [6, 6.07) is 3.70. The van der Waals surface area contributed by atoms with Crippen LogP contribution in [0.4, 0.5) is 24.5 Å². The SMILES string of the molecule is Cc1nn(C)cc1CNc1ccc(N)cc1C(F)(F)F. The molecule has 1 aromatic carbocycles. The van der Waals surface area contributed by atoms with Gasteiger partial charge in [-0.15, -0.1) is 0 Å². The van der Waals surface area contributed by atoms with Crippen molar-refractivity contribution >= 4 is 11.4 Å². The minimum Gasteiger partial charge on any atom is -0.399 e. The number of benzene rings is 1. The number of aromatic nitrogens is 2. The Labute approximate surface area is 114 Å². The fraction of sp³-hybridized carbons (Fsp3) is 0.308. The van der Waals surface area contributed by atoms with Gasteiger partial charge < -0.3 is 11.1 Å². The molecule has 0 atom stereocenters. The standard InChI is InChI=1S/C13H15F3N4/c1-8-9(7-20(2)19-8)6-18-12-4-3-10(17)5-11(12)13(14,15)16/h3-5,7,18H,6,17H2,1-2H3. The number of hydrogen-bond donors (Lipinski definition) is 2. The molecule has 0 radical (unpaired) electrons. The predicted molar refractivity (Wildman–Crippen MR) is 71.1 cm³/mol. The van der Waals surface area contributed by atoms with E-state index >= 15 is 0 Å². The second-order valence-electron chi connectivity index (χ2n) is 4.57. The fourth-order valence-electron chi connectivity index (χ4n) is 1.96. The molecule has 4 nitrogen and oxygen atoms in total. The molecule has 0 saturated heterocycles. The summed E-state index contributed by atoms with van der Waals surface area (Å²) in [7, 11) is 1.76. The van der Waals surface area contributed by atoms with Gasteiger partial charge in [0.1, 0.15) is 0 Å². The molecule has 2 aromatic rings. The number of rotatable bonds is 3. The summed E-state index contributed by atoms with van der Waals surface area (Å²) in [5.41, 5.74) is 6.37. The first-order chi connectivity index (χ1) is 9.27. The van der Waals surface area contributed by atoms with Gasteiger partial charge in [-0.2, -0.15) is 18.3 Å². The molecule has 0 aliphatic carbocycles. The highest BCUT2D eigenvalue weighted by atomic mass is 19.4. The van der Waals surface area contributed by atoms with Crippen molar-refractivity contribution in [2.24, 2.45) is 7.05 Å². The third-order valence-corrected chi connectivity index (χ3v) is 2.93. The smallest absolute Gasteiger partial charge is 0.399 e. The molecule has 0 amide bonds. The number of aryl methyl sites for hydroxylation is 2. The van der Waals surface area contributed by atoms with E-state index in [0.717, 1.165) is 17.3 Å². The normalized spacial score (nSPS) is 11.7. The van der Waals surface area contributed by atoms with Crippen molar-refractivity contribution in [3.8, 4) is 0 Å². The second kappa shape index (κ2) is 5.07. The first-order valence-electron chi connectivity index (χ1n) is 5.97. The van der Waals surface area contributed by atoms with Crippen LogP contribution in [-0.4, -0.2) is 9.78 Å². The molecule has 7 heteroatoms. The highest BCUT2D eigenvalue weighted by molar-refractivity contribution is 5.59. The van der Waals surface area contributed by atoms with Crippen molar-refractivity contribution < 1.29 is 13.2 Å². The van der Waals surface area contributed by atoms with Gasteiger partial charge in [0.15, 0.2) is 0 Å². The highest BCUT2D eigenvalue weighted by Gasteiger charge is 2.33. The van der Waals surface area contributed by atoms with Crippen LogP contribution in [-0.2, 0) is 19.8 Å². The number of halogens is 3. The van der Waals surface area contributed by atoms with Crippen LogP contribution in [0.3, 0.4) is 0 Å². The zero-order chi connectivity index (χ0) is 14.9. The van der Waals surface area contributed by atoms with Gasteiger partial charge in [-0.3, -0.25) is 4.68 Å². The molecule has 0 spiro atoms. The summed E-state index contributed by atoms with van der Waals surface area (Å²) in [6.07, 6.45) is -2.67. The zero-order valence-electron chi connectivity index (χ0n) is 11.1. The van der Waals surface area contributed by atoms with Gasteiger partial charge in [0.2, 0.25) is 0 Å². The first-order valence-corrected chi connectivity index (χ1v) is 5.97. The van der Waals surface area contributed by atoms with Crippen LogP contribution in [0.2, 0.25) is 0 Å². The van der Waals surface area contributed by atoms with Gasteiger partial charge >= 0.3 is 6.18 Å². The summed E-state index contributed by atoms with van der Waals surface area (Å²) >= 11 is 0. The lowest BCUT2D eigenvalue weighted by molar-refractivity contribution is -0.136. The molecule has 3 N–H and O–H groups in total. The number of nitrogens with zero attached hydrogens (tertiary/aromatic N) is 2. The van der Waals surface area contributed by atoms with Crippen LogP contribution in [0.15, 0.2) is 24.4 Å². The highest BCUT2D eigenvalue weighted by Crippen LogP contribution is 2.36. The van der Waals surface area contributed by atoms with Crippen LogP contribution in [0, 0.1) is 6.92 Å². The van der Waals surface area contributed by atoms with E-state index in [9.17, 15) is 13.2 Å². The zero-order valence-corrected chi connectivity index (χ0v) is 11.1. The number of hydrogen-bond acceptors (Lipinski definition) is 3. The lowest BCUT2D eigenvalue weighted by Gasteiger charge is -2.15. The monoisotopic (exact) mass is 284 g/mol. The molecule has 0 fully saturated rings. The number of nitrogens with one attached hydrogen (secondary N) is 1. The van der Waals surface area contributed by atoms with E-state index in [1.807, 2.05) is 6.92 Å². The van der Waals surface area contributed by atoms with Crippen molar-refractivity contribution in [1.82, 2.24) is 9.78 Å². The van der Waals surface area contributed by atoms with Crippen molar-refractivity contribution in [2.75, 3.05) is 11.1 Å². The summed E-state index contributed by atoms with van der Waals surface area (Å²) in [6.45, 7) is 2.08. The van der Waals surface area contributed by atoms with Gasteiger partial charge in [0.05, 0.1) is 11.3 Å². The Morgan fingerprint density at radius 2 is 2.05 bits per heavy atom. The molecule has 2 rings (SSSR count). The first kappa shape index (κ1) is 14.2. The second-order valence-corrected chi connectivity index (χ2v) is 4.57. The molecular formula is C13H15F3N4. The Morgan fingerprint density at radius 3 is 2.60 bits per heavy atom. The molecule has 0 bridgehead atoms. The third kappa shape index (κ3) is 3.04. The Hall–Kier alpha value is -2.18. The van der Waals surface area contributed by atoms with Crippen molar-refractivity contribution in [3.63, 3.8) is 0 Å². The topological polar surface area (TPSA) is 55.9 Å². The van der Waals surface area contributed by atoms with Crippen LogP contribution in [0.1, 0.15) is 16.8 Å². The van der Waals surface area contributed by atoms with Crippen LogP contribution in [0.25, 0.3) is 0 Å². The van der Waals surface area contributed by atoms with Crippen LogP contribution < -0.4 is 11.1 Å². The molecular weight excluding hydrogens is 269 g/mol. The van der Waals surface area contributed by atoms with Gasteiger partial charge in [-0.1, -0.05) is 0 Å². The number of nitrogen functional groups attached to an aromatic ring is 1. The van der Waals surface area contributed by atoms with Gasteiger partial charge in [0.25, 0.3) is 0 Å². The van der Waals surface area contributed by atoms with Gasteiger partial charge in [-0.25, -0.2) is 0 Å². The van der Waals surface area contributed by atoms with Crippen LogP contribution in [0.5, 0.6) is 0 Å². The largest absolute Gasteiger partial charge is 0.418 e. The van der Waals surface area contributed by atoms with Gasteiger partial charge in [-0.05, 0) is 25.1 Å². The van der Waals surface area contributed by atoms with E-state index in [1.165, 1.54) is 12.1 Å². The molecule has 0 unspecified atom stereocenters. The van der Waals surface area contributed by atoms with E-state index in [-0.39, 0.29) is 17.9 Å². The molecule has 1 heterocycles. The third-order valence-electron chi connectivity index (χ3n) is 2.93. The lowest BCUT2D eigenvalue weighted by atomic mass is 10.1. The van der Waals surface area contributed by atoms with E-state index < -0.39 is 11.7 Å². The molecule has 1 aromatic heterocycles. The summed E-state index contributed by atoms with van der Waals surface area (Å²) in [4.78, 5) is 0. The minimum atomic E-state index is -4.44. The lowest BCUT2D eigenvalue weighted by Crippen LogP contribution is -2.11. The number of anilines is 2. The summed E-state index contributed by atoms with van der Waals surface area (Å²) in [5.74, 6) is 0. The molecule has 20 heavy (non-hydrogen) atoms. The molecule has 0 saturated carbocycles. The average Bonchev–Trinajstić information content (AvgIpc) is 2.65. The Kier molecular flexibility index (Phi) is 3.61. The Morgan fingerprint density at radius 1 is 1.35 bits per heavy atom. The molecule has 108 valence electrons. The number of nitrogens with two attached hydrogens (primary N) is 1. The summed E-state index contributed by atoms with van der Waals surface area (Å²) in [5, 5.41) is 6.93. The maximum absolute atomic E-state index is 12.9. The quantitative estimate of drug-likeness (QED) is 0.852.